The molecule has 2 rings (SSSR count). The fourth-order valence-electron chi connectivity index (χ4n) is 3.87. The van der Waals surface area contributed by atoms with Crippen LogP contribution in [0, 0.1) is 11.8 Å². The molecule has 2 unspecified atom stereocenters. The smallest absolute Gasteiger partial charge is 0.223 e. The number of hydrogen-bond acceptors (Lipinski definition) is 2. The highest BCUT2D eigenvalue weighted by molar-refractivity contribution is 5.85. The molecule has 0 aromatic heterocycles. The van der Waals surface area contributed by atoms with Gasteiger partial charge in [0.2, 0.25) is 5.91 Å². The summed E-state index contributed by atoms with van der Waals surface area (Å²) in [5.41, 5.74) is 0. The van der Waals surface area contributed by atoms with E-state index in [0.29, 0.717) is 17.9 Å². The molecule has 1 N–H and O–H groups in total. The first kappa shape index (κ1) is 17.8. The van der Waals surface area contributed by atoms with E-state index < -0.39 is 0 Å². The van der Waals surface area contributed by atoms with Gasteiger partial charge in [-0.25, -0.2) is 0 Å². The first-order valence-electron chi connectivity index (χ1n) is 8.16. The van der Waals surface area contributed by atoms with Gasteiger partial charge in [0, 0.05) is 25.6 Å². The normalized spacial score (nSPS) is 25.3. The van der Waals surface area contributed by atoms with Crippen LogP contribution in [0.3, 0.4) is 0 Å². The SMILES string of the molecule is CNCC1CCCN1C(=O)CC(C)C1CCCCC1.Cl. The highest BCUT2D eigenvalue weighted by Crippen LogP contribution is 2.32. The maximum absolute atomic E-state index is 12.5. The molecule has 0 spiro atoms. The summed E-state index contributed by atoms with van der Waals surface area (Å²) in [6.07, 6.45) is 9.94. The second-order valence-electron chi connectivity index (χ2n) is 6.52. The molecule has 1 saturated carbocycles. The van der Waals surface area contributed by atoms with Crippen molar-refractivity contribution in [2.75, 3.05) is 20.1 Å². The van der Waals surface area contributed by atoms with E-state index in [1.165, 1.54) is 44.9 Å². The van der Waals surface area contributed by atoms with Gasteiger partial charge in [-0.2, -0.15) is 0 Å². The monoisotopic (exact) mass is 302 g/mol. The second kappa shape index (κ2) is 8.89. The summed E-state index contributed by atoms with van der Waals surface area (Å²) in [6, 6.07) is 0.441. The maximum atomic E-state index is 12.5. The van der Waals surface area contributed by atoms with Gasteiger partial charge in [0.1, 0.15) is 0 Å². The molecule has 2 atom stereocenters. The van der Waals surface area contributed by atoms with Crippen molar-refractivity contribution in [3.8, 4) is 0 Å². The topological polar surface area (TPSA) is 32.3 Å². The summed E-state index contributed by atoms with van der Waals surface area (Å²) >= 11 is 0. The van der Waals surface area contributed by atoms with Crippen molar-refractivity contribution in [2.45, 2.75) is 64.3 Å². The zero-order chi connectivity index (χ0) is 13.7. The number of hydrogen-bond donors (Lipinski definition) is 1. The zero-order valence-corrected chi connectivity index (χ0v) is 13.9. The lowest BCUT2D eigenvalue weighted by Gasteiger charge is -2.30. The third-order valence-corrected chi connectivity index (χ3v) is 5.09. The van der Waals surface area contributed by atoms with Crippen molar-refractivity contribution in [1.82, 2.24) is 10.2 Å². The largest absolute Gasteiger partial charge is 0.338 e. The molecular formula is C16H31ClN2O. The number of carbonyl (C=O) groups excluding carboxylic acids is 1. The highest BCUT2D eigenvalue weighted by Gasteiger charge is 2.30. The van der Waals surface area contributed by atoms with E-state index in [9.17, 15) is 4.79 Å². The van der Waals surface area contributed by atoms with Gasteiger partial charge in [0.05, 0.1) is 0 Å². The van der Waals surface area contributed by atoms with Crippen LogP contribution in [0.15, 0.2) is 0 Å². The van der Waals surface area contributed by atoms with Crippen LogP contribution in [-0.2, 0) is 4.79 Å². The standard InChI is InChI=1S/C16H30N2O.ClH/c1-13(14-7-4-3-5-8-14)11-16(19)18-10-6-9-15(18)12-17-2;/h13-15,17H,3-12H2,1-2H3;1H. The Kier molecular flexibility index (Phi) is 7.90. The van der Waals surface area contributed by atoms with Crippen LogP contribution >= 0.6 is 12.4 Å². The first-order valence-corrected chi connectivity index (χ1v) is 8.16. The lowest BCUT2D eigenvalue weighted by atomic mass is 9.79. The molecule has 4 heteroatoms. The van der Waals surface area contributed by atoms with E-state index >= 15 is 0 Å². The lowest BCUT2D eigenvalue weighted by Crippen LogP contribution is -2.41. The minimum absolute atomic E-state index is 0. The first-order chi connectivity index (χ1) is 9.22. The molecule has 1 amide bonds. The van der Waals surface area contributed by atoms with Crippen molar-refractivity contribution >= 4 is 18.3 Å². The summed E-state index contributed by atoms with van der Waals surface area (Å²) in [6.45, 7) is 4.21. The van der Waals surface area contributed by atoms with Gasteiger partial charge in [-0.15, -0.1) is 12.4 Å². The van der Waals surface area contributed by atoms with Gasteiger partial charge in [-0.1, -0.05) is 39.0 Å². The predicted molar refractivity (Wildman–Crippen MR) is 86.3 cm³/mol. The number of likely N-dealkylation sites (tertiary alicyclic amines) is 1. The molecule has 1 aliphatic heterocycles. The molecule has 0 aromatic carbocycles. The number of nitrogens with zero attached hydrogens (tertiary/aromatic N) is 1. The average Bonchev–Trinajstić information content (AvgIpc) is 2.88. The number of halogens is 1. The molecule has 0 aromatic rings. The molecule has 3 nitrogen and oxygen atoms in total. The Balaban J connectivity index is 0.00000200. The number of likely N-dealkylation sites (N-methyl/N-ethyl adjacent to an activating group) is 1. The minimum atomic E-state index is 0. The summed E-state index contributed by atoms with van der Waals surface area (Å²) < 4.78 is 0. The molecule has 0 bridgehead atoms. The van der Waals surface area contributed by atoms with Crippen molar-refractivity contribution in [3.05, 3.63) is 0 Å². The number of amides is 1. The van der Waals surface area contributed by atoms with Crippen LogP contribution in [0.1, 0.15) is 58.3 Å². The molecule has 1 aliphatic carbocycles. The Morgan fingerprint density at radius 3 is 2.55 bits per heavy atom. The van der Waals surface area contributed by atoms with Crippen molar-refractivity contribution < 1.29 is 4.79 Å². The van der Waals surface area contributed by atoms with E-state index in [1.807, 2.05) is 7.05 Å². The Morgan fingerprint density at radius 1 is 1.20 bits per heavy atom. The van der Waals surface area contributed by atoms with Crippen molar-refractivity contribution in [1.29, 1.82) is 0 Å². The number of carbonyl (C=O) groups is 1. The van der Waals surface area contributed by atoms with E-state index in [-0.39, 0.29) is 12.4 Å². The molecule has 1 saturated heterocycles. The predicted octanol–water partition coefficient (Wildman–Crippen LogP) is 3.23. The van der Waals surface area contributed by atoms with E-state index in [1.54, 1.807) is 0 Å². The average molecular weight is 303 g/mol. The molecule has 20 heavy (non-hydrogen) atoms. The summed E-state index contributed by atoms with van der Waals surface area (Å²) in [4.78, 5) is 14.6. The Morgan fingerprint density at radius 2 is 1.90 bits per heavy atom. The Labute approximate surface area is 130 Å². The van der Waals surface area contributed by atoms with Gasteiger partial charge < -0.3 is 10.2 Å². The van der Waals surface area contributed by atoms with Gasteiger partial charge in [0.15, 0.2) is 0 Å². The summed E-state index contributed by atoms with van der Waals surface area (Å²) in [5.74, 6) is 1.77. The quantitative estimate of drug-likeness (QED) is 0.845. The van der Waals surface area contributed by atoms with Crippen LogP contribution < -0.4 is 5.32 Å². The minimum Gasteiger partial charge on any atom is -0.338 e. The molecule has 1 heterocycles. The molecule has 2 fully saturated rings. The van der Waals surface area contributed by atoms with Crippen LogP contribution in [0.5, 0.6) is 0 Å². The molecule has 118 valence electrons. The molecule has 2 aliphatic rings. The van der Waals surface area contributed by atoms with Crippen molar-refractivity contribution in [3.63, 3.8) is 0 Å². The van der Waals surface area contributed by atoms with Crippen LogP contribution in [-0.4, -0.2) is 37.0 Å². The molecule has 0 radical (unpaired) electrons. The van der Waals surface area contributed by atoms with Gasteiger partial charge in [-0.05, 0) is 31.7 Å². The van der Waals surface area contributed by atoms with E-state index in [0.717, 1.165) is 25.4 Å². The van der Waals surface area contributed by atoms with E-state index in [4.69, 9.17) is 0 Å². The van der Waals surface area contributed by atoms with E-state index in [2.05, 4.69) is 17.1 Å². The fourth-order valence-corrected chi connectivity index (χ4v) is 3.87. The second-order valence-corrected chi connectivity index (χ2v) is 6.52. The number of nitrogens with one attached hydrogen (secondary N) is 1. The van der Waals surface area contributed by atoms with Crippen LogP contribution in [0.4, 0.5) is 0 Å². The third kappa shape index (κ3) is 4.63. The van der Waals surface area contributed by atoms with Gasteiger partial charge in [0.25, 0.3) is 0 Å². The zero-order valence-electron chi connectivity index (χ0n) is 13.1. The fraction of sp³-hybridized carbons (Fsp3) is 0.938. The van der Waals surface area contributed by atoms with Crippen LogP contribution in [0.2, 0.25) is 0 Å². The summed E-state index contributed by atoms with van der Waals surface area (Å²) in [7, 11) is 1.98. The third-order valence-electron chi connectivity index (χ3n) is 5.09. The maximum Gasteiger partial charge on any atom is 0.223 e. The van der Waals surface area contributed by atoms with Crippen LogP contribution in [0.25, 0.3) is 0 Å². The summed E-state index contributed by atoms with van der Waals surface area (Å²) in [5, 5.41) is 3.22. The van der Waals surface area contributed by atoms with Gasteiger partial charge >= 0.3 is 0 Å². The lowest BCUT2D eigenvalue weighted by molar-refractivity contribution is -0.133. The highest BCUT2D eigenvalue weighted by atomic mass is 35.5. The number of rotatable bonds is 5. The van der Waals surface area contributed by atoms with Crippen molar-refractivity contribution in [2.24, 2.45) is 11.8 Å². The van der Waals surface area contributed by atoms with Gasteiger partial charge in [-0.3, -0.25) is 4.79 Å². The Hall–Kier alpha value is -0.280. The molecular weight excluding hydrogens is 272 g/mol. The Bertz CT molecular complexity index is 292.